The van der Waals surface area contributed by atoms with Gasteiger partial charge in [-0.3, -0.25) is 9.78 Å². The molecule has 2 atom stereocenters. The highest BCUT2D eigenvalue weighted by atomic mass is 16.1. The van der Waals surface area contributed by atoms with Crippen molar-refractivity contribution in [3.05, 3.63) is 71.8 Å². The quantitative estimate of drug-likeness (QED) is 0.758. The van der Waals surface area contributed by atoms with Gasteiger partial charge in [0.05, 0.1) is 23.6 Å². The molecule has 1 aliphatic carbocycles. The highest BCUT2D eigenvalue weighted by Crippen LogP contribution is 2.29. The molecule has 0 saturated heterocycles. The molecule has 2 aromatic heterocycles. The van der Waals surface area contributed by atoms with Crippen LogP contribution in [0.3, 0.4) is 0 Å². The molecular weight excluding hydrogens is 338 g/mol. The number of carbonyl (C=O) groups excluding carboxylic acids is 1. The number of rotatable bonds is 5. The van der Waals surface area contributed by atoms with Crippen LogP contribution in [0.5, 0.6) is 0 Å². The zero-order valence-corrected chi connectivity index (χ0v) is 15.4. The average molecular weight is 361 g/mol. The fourth-order valence-corrected chi connectivity index (χ4v) is 3.88. The summed E-state index contributed by atoms with van der Waals surface area (Å²) in [6.45, 7) is 2.08. The second-order valence-corrected chi connectivity index (χ2v) is 7.14. The van der Waals surface area contributed by atoms with Gasteiger partial charge in [0.25, 0.3) is 5.91 Å². The number of para-hydroxylation sites is 1. The van der Waals surface area contributed by atoms with Crippen LogP contribution in [0.4, 0.5) is 0 Å². The molecule has 2 heterocycles. The molecule has 4 rings (SSSR count). The summed E-state index contributed by atoms with van der Waals surface area (Å²) in [7, 11) is 0. The second kappa shape index (κ2) is 7.70. The number of nitrogens with one attached hydrogen (secondary N) is 1. The first-order valence-corrected chi connectivity index (χ1v) is 9.39. The summed E-state index contributed by atoms with van der Waals surface area (Å²) in [6.07, 6.45) is 9.22. The van der Waals surface area contributed by atoms with E-state index in [0.29, 0.717) is 17.2 Å². The molecule has 2 unspecified atom stereocenters. The Morgan fingerprint density at radius 1 is 1.15 bits per heavy atom. The van der Waals surface area contributed by atoms with Crippen molar-refractivity contribution in [3.63, 3.8) is 0 Å². The first-order chi connectivity index (χ1) is 13.2. The second-order valence-electron chi connectivity index (χ2n) is 7.14. The van der Waals surface area contributed by atoms with E-state index in [1.807, 2.05) is 36.5 Å². The number of hydrogen-bond donors (Lipinski definition) is 1. The minimum absolute atomic E-state index is 0.0722. The van der Waals surface area contributed by atoms with Crippen molar-refractivity contribution in [2.45, 2.75) is 38.6 Å². The fraction of sp³-hybridized carbons (Fsp3) is 0.333. The number of pyridine rings is 1. The van der Waals surface area contributed by atoms with Crippen LogP contribution in [-0.4, -0.2) is 31.9 Å². The molecule has 6 heteroatoms. The molecule has 0 spiro atoms. The number of hydrogen-bond acceptors (Lipinski definition) is 4. The van der Waals surface area contributed by atoms with Gasteiger partial charge in [-0.15, -0.1) is 0 Å². The summed E-state index contributed by atoms with van der Waals surface area (Å²) < 4.78 is 0. The van der Waals surface area contributed by atoms with Crippen molar-refractivity contribution in [2.24, 2.45) is 5.92 Å². The number of carbonyl (C=O) groups is 1. The highest BCUT2D eigenvalue weighted by Gasteiger charge is 2.30. The van der Waals surface area contributed by atoms with Crippen LogP contribution in [0.2, 0.25) is 0 Å². The summed E-state index contributed by atoms with van der Waals surface area (Å²) >= 11 is 0. The number of nitrogens with zero attached hydrogens (tertiary/aromatic N) is 4. The van der Waals surface area contributed by atoms with Crippen molar-refractivity contribution >= 4 is 5.91 Å². The van der Waals surface area contributed by atoms with E-state index in [1.54, 1.807) is 12.4 Å². The molecule has 138 valence electrons. The SMILES string of the molecule is Cc1ccnc(CC2CCCC2NC(=O)c2ccccc2-n2nccn2)c1. The molecule has 1 aromatic carbocycles. The maximum Gasteiger partial charge on any atom is 0.253 e. The van der Waals surface area contributed by atoms with Gasteiger partial charge < -0.3 is 5.32 Å². The van der Waals surface area contributed by atoms with Crippen molar-refractivity contribution in [2.75, 3.05) is 0 Å². The molecule has 0 aliphatic heterocycles. The van der Waals surface area contributed by atoms with Gasteiger partial charge in [0, 0.05) is 17.9 Å². The minimum atomic E-state index is -0.0722. The molecule has 1 N–H and O–H groups in total. The van der Waals surface area contributed by atoms with E-state index in [1.165, 1.54) is 10.4 Å². The summed E-state index contributed by atoms with van der Waals surface area (Å²) in [5.74, 6) is 0.343. The van der Waals surface area contributed by atoms with Crippen LogP contribution in [0.25, 0.3) is 5.69 Å². The lowest BCUT2D eigenvalue weighted by atomic mass is 9.96. The van der Waals surface area contributed by atoms with Gasteiger partial charge >= 0.3 is 0 Å². The first-order valence-electron chi connectivity index (χ1n) is 9.39. The van der Waals surface area contributed by atoms with Crippen LogP contribution >= 0.6 is 0 Å². The maximum atomic E-state index is 13.0. The Morgan fingerprint density at radius 2 is 1.96 bits per heavy atom. The molecule has 6 nitrogen and oxygen atoms in total. The Kier molecular flexibility index (Phi) is 4.96. The van der Waals surface area contributed by atoms with Gasteiger partial charge in [0.1, 0.15) is 0 Å². The Balaban J connectivity index is 1.49. The summed E-state index contributed by atoms with van der Waals surface area (Å²) in [6, 6.07) is 11.7. The number of aromatic nitrogens is 4. The summed E-state index contributed by atoms with van der Waals surface area (Å²) in [4.78, 5) is 18.9. The Bertz CT molecular complexity index is 922. The van der Waals surface area contributed by atoms with Gasteiger partial charge in [-0.25, -0.2) is 0 Å². The Morgan fingerprint density at radius 3 is 2.78 bits per heavy atom. The number of amides is 1. The molecule has 27 heavy (non-hydrogen) atoms. The van der Waals surface area contributed by atoms with Gasteiger partial charge in [-0.05, 0) is 61.9 Å². The Labute approximate surface area is 158 Å². The topological polar surface area (TPSA) is 72.7 Å². The zero-order valence-electron chi connectivity index (χ0n) is 15.4. The van der Waals surface area contributed by atoms with Crippen LogP contribution in [-0.2, 0) is 6.42 Å². The fourth-order valence-electron chi connectivity index (χ4n) is 3.88. The molecule has 0 radical (unpaired) electrons. The third-order valence-corrected chi connectivity index (χ3v) is 5.20. The van der Waals surface area contributed by atoms with Crippen LogP contribution in [0.15, 0.2) is 55.0 Å². The lowest BCUT2D eigenvalue weighted by Crippen LogP contribution is -2.38. The van der Waals surface area contributed by atoms with Gasteiger partial charge in [0.15, 0.2) is 0 Å². The smallest absolute Gasteiger partial charge is 0.253 e. The number of aryl methyl sites for hydroxylation is 1. The molecular formula is C21H23N5O. The van der Waals surface area contributed by atoms with E-state index < -0.39 is 0 Å². The third kappa shape index (κ3) is 3.89. The third-order valence-electron chi connectivity index (χ3n) is 5.20. The molecule has 1 aliphatic rings. The van der Waals surface area contributed by atoms with Crippen molar-refractivity contribution in [1.82, 2.24) is 25.3 Å². The van der Waals surface area contributed by atoms with Gasteiger partial charge in [-0.1, -0.05) is 18.6 Å². The minimum Gasteiger partial charge on any atom is -0.349 e. The van der Waals surface area contributed by atoms with E-state index in [2.05, 4.69) is 33.5 Å². The van der Waals surface area contributed by atoms with Gasteiger partial charge in [-0.2, -0.15) is 15.0 Å². The number of benzene rings is 1. The van der Waals surface area contributed by atoms with Crippen molar-refractivity contribution in [3.8, 4) is 5.69 Å². The molecule has 1 amide bonds. The van der Waals surface area contributed by atoms with Crippen LogP contribution < -0.4 is 5.32 Å². The summed E-state index contributed by atoms with van der Waals surface area (Å²) in [5.41, 5.74) is 3.60. The zero-order chi connectivity index (χ0) is 18.6. The largest absolute Gasteiger partial charge is 0.349 e. The predicted molar refractivity (Wildman–Crippen MR) is 103 cm³/mol. The van der Waals surface area contributed by atoms with Crippen LogP contribution in [0.1, 0.15) is 40.9 Å². The van der Waals surface area contributed by atoms with E-state index in [-0.39, 0.29) is 11.9 Å². The normalized spacial score (nSPS) is 19.1. The Hall–Kier alpha value is -3.02. The standard InChI is InChI=1S/C21H23N5O/c1-15-9-10-22-17(13-15)14-16-5-4-7-19(16)25-21(27)18-6-2-3-8-20(18)26-23-11-12-24-26/h2-3,6,8-13,16,19H,4-5,7,14H2,1H3,(H,25,27). The van der Waals surface area contributed by atoms with Gasteiger partial charge in [0.2, 0.25) is 0 Å². The first kappa shape index (κ1) is 17.4. The predicted octanol–water partition coefficient (Wildman–Crippen LogP) is 3.11. The monoisotopic (exact) mass is 361 g/mol. The molecule has 1 fully saturated rings. The van der Waals surface area contributed by atoms with Crippen molar-refractivity contribution < 1.29 is 4.79 Å². The van der Waals surface area contributed by atoms with E-state index in [0.717, 1.165) is 31.4 Å². The molecule has 3 aromatic rings. The molecule has 1 saturated carbocycles. The maximum absolute atomic E-state index is 13.0. The average Bonchev–Trinajstić information content (AvgIpc) is 3.34. The van der Waals surface area contributed by atoms with Crippen molar-refractivity contribution in [1.29, 1.82) is 0 Å². The lowest BCUT2D eigenvalue weighted by Gasteiger charge is -2.21. The van der Waals surface area contributed by atoms with E-state index in [9.17, 15) is 4.79 Å². The molecule has 0 bridgehead atoms. The van der Waals surface area contributed by atoms with E-state index >= 15 is 0 Å². The highest BCUT2D eigenvalue weighted by molar-refractivity contribution is 5.97. The van der Waals surface area contributed by atoms with E-state index in [4.69, 9.17) is 0 Å². The lowest BCUT2D eigenvalue weighted by molar-refractivity contribution is 0.0927. The van der Waals surface area contributed by atoms with Crippen LogP contribution in [0, 0.1) is 12.8 Å². The summed E-state index contributed by atoms with van der Waals surface area (Å²) in [5, 5.41) is 11.6.